The van der Waals surface area contributed by atoms with Crippen LogP contribution in [0.15, 0.2) is 12.4 Å². The normalized spacial score (nSPS) is 11.4. The fraction of sp³-hybridized carbons (Fsp3) is 0.143. The zero-order valence-electron chi connectivity index (χ0n) is 6.60. The summed E-state index contributed by atoms with van der Waals surface area (Å²) in [6.07, 6.45) is -2.76. The lowest BCUT2D eigenvalue weighted by Crippen LogP contribution is -2.20. The Morgan fingerprint density at radius 3 is 2.36 bits per heavy atom. The van der Waals surface area contributed by atoms with Crippen LogP contribution in [0.4, 0.5) is 13.2 Å². The number of aromatic nitrogens is 1. The van der Waals surface area contributed by atoms with Crippen molar-refractivity contribution < 1.29 is 18.0 Å². The molecule has 14 heavy (non-hydrogen) atoms. The molecule has 7 heteroatoms. The van der Waals surface area contributed by atoms with E-state index in [0.717, 1.165) is 12.4 Å². The van der Waals surface area contributed by atoms with E-state index in [2.05, 4.69) is 4.98 Å². The topological polar surface area (TPSA) is 56.0 Å². The molecule has 1 amide bonds. The Bertz CT molecular complexity index is 378. The molecule has 0 aliphatic rings. The Labute approximate surface area is 90.6 Å². The molecule has 0 saturated carbocycles. The molecule has 0 spiro atoms. The van der Waals surface area contributed by atoms with Gasteiger partial charge in [-0.25, -0.2) is 0 Å². The maximum atomic E-state index is 12.4. The van der Waals surface area contributed by atoms with Crippen LogP contribution in [0.2, 0.25) is 0 Å². The van der Waals surface area contributed by atoms with Gasteiger partial charge in [-0.15, -0.1) is 0 Å². The van der Waals surface area contributed by atoms with E-state index in [1.54, 1.807) is 0 Å². The van der Waals surface area contributed by atoms with Crippen LogP contribution < -0.4 is 5.73 Å². The predicted octanol–water partition coefficient (Wildman–Crippen LogP) is 1.80. The number of alkyl halides is 3. The lowest BCUT2D eigenvalue weighted by Gasteiger charge is -2.11. The highest BCUT2D eigenvalue weighted by molar-refractivity contribution is 14.1. The molecule has 0 bridgehead atoms. The summed E-state index contributed by atoms with van der Waals surface area (Å²) in [5.41, 5.74) is 3.16. The van der Waals surface area contributed by atoms with E-state index >= 15 is 0 Å². The number of amides is 1. The van der Waals surface area contributed by atoms with E-state index in [1.165, 1.54) is 22.6 Å². The number of nitrogens with two attached hydrogens (primary N) is 1. The Balaban J connectivity index is 3.45. The van der Waals surface area contributed by atoms with Gasteiger partial charge in [-0.05, 0) is 22.6 Å². The van der Waals surface area contributed by atoms with Crippen molar-refractivity contribution in [3.63, 3.8) is 0 Å². The number of carbonyl (C=O) groups is 1. The molecular weight excluding hydrogens is 312 g/mol. The SMILES string of the molecule is NC(=O)c1cncc(I)c1C(F)(F)F. The van der Waals surface area contributed by atoms with E-state index in [9.17, 15) is 18.0 Å². The van der Waals surface area contributed by atoms with Gasteiger partial charge in [0.25, 0.3) is 5.91 Å². The van der Waals surface area contributed by atoms with Crippen molar-refractivity contribution in [1.82, 2.24) is 4.98 Å². The van der Waals surface area contributed by atoms with Gasteiger partial charge in [0.15, 0.2) is 0 Å². The summed E-state index contributed by atoms with van der Waals surface area (Å²) < 4.78 is 37.1. The van der Waals surface area contributed by atoms with Crippen molar-refractivity contribution in [3.8, 4) is 0 Å². The maximum absolute atomic E-state index is 12.4. The Hall–Kier alpha value is -0.860. The third-order valence-electron chi connectivity index (χ3n) is 1.45. The molecule has 1 rings (SSSR count). The Morgan fingerprint density at radius 1 is 1.43 bits per heavy atom. The fourth-order valence-electron chi connectivity index (χ4n) is 0.910. The second-order valence-electron chi connectivity index (χ2n) is 2.41. The number of hydrogen-bond acceptors (Lipinski definition) is 2. The molecule has 1 aromatic heterocycles. The molecule has 0 aliphatic heterocycles. The van der Waals surface area contributed by atoms with E-state index in [-0.39, 0.29) is 3.57 Å². The van der Waals surface area contributed by atoms with Gasteiger partial charge in [0.1, 0.15) is 0 Å². The van der Waals surface area contributed by atoms with Gasteiger partial charge in [0, 0.05) is 16.0 Å². The average Bonchev–Trinajstić information content (AvgIpc) is 2.01. The summed E-state index contributed by atoms with van der Waals surface area (Å²) in [6, 6.07) is 0. The first kappa shape index (κ1) is 11.2. The molecule has 0 aliphatic carbocycles. The van der Waals surface area contributed by atoms with Gasteiger partial charge < -0.3 is 5.73 Å². The second-order valence-corrected chi connectivity index (χ2v) is 3.57. The molecule has 0 radical (unpaired) electrons. The highest BCUT2D eigenvalue weighted by Gasteiger charge is 2.37. The van der Waals surface area contributed by atoms with Crippen molar-refractivity contribution in [2.45, 2.75) is 6.18 Å². The van der Waals surface area contributed by atoms with E-state index in [4.69, 9.17) is 5.73 Å². The quantitative estimate of drug-likeness (QED) is 0.803. The average molecular weight is 316 g/mol. The fourth-order valence-corrected chi connectivity index (χ4v) is 1.67. The van der Waals surface area contributed by atoms with Crippen LogP contribution in [0, 0.1) is 3.57 Å². The standard InChI is InChI=1S/C7H4F3IN2O/c8-7(9,10)5-3(6(12)14)1-13-2-4(5)11/h1-2H,(H2,12,14). The van der Waals surface area contributed by atoms with Crippen LogP contribution in [0.1, 0.15) is 15.9 Å². The predicted molar refractivity (Wildman–Crippen MR) is 50.5 cm³/mol. The number of pyridine rings is 1. The van der Waals surface area contributed by atoms with Gasteiger partial charge in [0.05, 0.1) is 11.1 Å². The first-order valence-corrected chi connectivity index (χ1v) is 4.42. The zero-order chi connectivity index (χ0) is 10.9. The van der Waals surface area contributed by atoms with E-state index in [1.807, 2.05) is 0 Å². The number of halogens is 4. The molecule has 1 aromatic rings. The molecule has 0 fully saturated rings. The largest absolute Gasteiger partial charge is 0.418 e. The minimum Gasteiger partial charge on any atom is -0.366 e. The van der Waals surface area contributed by atoms with Crippen molar-refractivity contribution in [1.29, 1.82) is 0 Å². The number of hydrogen-bond donors (Lipinski definition) is 1. The number of primary amides is 1. The van der Waals surface area contributed by atoms with Crippen LogP contribution in [0.25, 0.3) is 0 Å². The van der Waals surface area contributed by atoms with Crippen molar-refractivity contribution in [2.75, 3.05) is 0 Å². The Morgan fingerprint density at radius 2 is 2.00 bits per heavy atom. The molecule has 0 saturated heterocycles. The minimum absolute atomic E-state index is 0.147. The summed E-state index contributed by atoms with van der Waals surface area (Å²) >= 11 is 1.45. The molecular formula is C7H4F3IN2O. The van der Waals surface area contributed by atoms with Crippen LogP contribution in [0.5, 0.6) is 0 Å². The first-order chi connectivity index (χ1) is 6.34. The first-order valence-electron chi connectivity index (χ1n) is 3.34. The van der Waals surface area contributed by atoms with Crippen molar-refractivity contribution in [2.24, 2.45) is 5.73 Å². The summed E-state index contributed by atoms with van der Waals surface area (Å²) in [5, 5.41) is 0. The van der Waals surface area contributed by atoms with Crippen molar-refractivity contribution in [3.05, 3.63) is 27.1 Å². The third-order valence-corrected chi connectivity index (χ3v) is 2.27. The highest BCUT2D eigenvalue weighted by Crippen LogP contribution is 2.34. The zero-order valence-corrected chi connectivity index (χ0v) is 8.76. The van der Waals surface area contributed by atoms with Gasteiger partial charge in [-0.2, -0.15) is 13.2 Å². The Kier molecular flexibility index (Phi) is 2.98. The summed E-state index contributed by atoms with van der Waals surface area (Å²) in [5.74, 6) is -1.14. The third kappa shape index (κ3) is 2.14. The van der Waals surface area contributed by atoms with Gasteiger partial charge in [0.2, 0.25) is 0 Å². The number of carbonyl (C=O) groups excluding carboxylic acids is 1. The maximum Gasteiger partial charge on any atom is 0.418 e. The van der Waals surface area contributed by atoms with Gasteiger partial charge in [-0.1, -0.05) is 0 Å². The van der Waals surface area contributed by atoms with Gasteiger partial charge >= 0.3 is 6.18 Å². The van der Waals surface area contributed by atoms with Crippen LogP contribution in [0.3, 0.4) is 0 Å². The second kappa shape index (κ2) is 3.71. The molecule has 3 nitrogen and oxygen atoms in total. The van der Waals surface area contributed by atoms with Crippen LogP contribution in [-0.4, -0.2) is 10.9 Å². The number of rotatable bonds is 1. The lowest BCUT2D eigenvalue weighted by atomic mass is 10.1. The monoisotopic (exact) mass is 316 g/mol. The lowest BCUT2D eigenvalue weighted by molar-refractivity contribution is -0.138. The smallest absolute Gasteiger partial charge is 0.366 e. The van der Waals surface area contributed by atoms with Crippen molar-refractivity contribution >= 4 is 28.5 Å². The summed E-state index contributed by atoms with van der Waals surface area (Å²) in [4.78, 5) is 14.2. The molecule has 0 unspecified atom stereocenters. The molecule has 0 atom stereocenters. The van der Waals surface area contributed by atoms with Crippen LogP contribution >= 0.6 is 22.6 Å². The summed E-state index contributed by atoms with van der Waals surface area (Å²) in [6.45, 7) is 0. The molecule has 2 N–H and O–H groups in total. The van der Waals surface area contributed by atoms with Gasteiger partial charge in [-0.3, -0.25) is 9.78 Å². The van der Waals surface area contributed by atoms with E-state index < -0.39 is 23.2 Å². The minimum atomic E-state index is -4.59. The summed E-state index contributed by atoms with van der Waals surface area (Å²) in [7, 11) is 0. The highest BCUT2D eigenvalue weighted by atomic mass is 127. The van der Waals surface area contributed by atoms with Crippen LogP contribution in [-0.2, 0) is 6.18 Å². The molecule has 1 heterocycles. The van der Waals surface area contributed by atoms with E-state index in [0.29, 0.717) is 0 Å². The molecule has 76 valence electrons. The number of nitrogens with zero attached hydrogens (tertiary/aromatic N) is 1. The molecule has 0 aromatic carbocycles.